The maximum absolute atomic E-state index is 12.7. The number of primary amides is 1. The number of benzene rings is 1. The Labute approximate surface area is 209 Å². The van der Waals surface area contributed by atoms with Gasteiger partial charge < -0.3 is 24.8 Å². The minimum atomic E-state index is -4.27. The molecule has 0 spiro atoms. The van der Waals surface area contributed by atoms with Crippen LogP contribution in [0, 0.1) is 0 Å². The fourth-order valence-corrected chi connectivity index (χ4v) is 4.82. The molecule has 37 heavy (non-hydrogen) atoms. The standard InChI is InChI=1S/C24H25F3N6O4/c1-31-7-5-23(36,22(31)35)18-12-16(30-37-18)14-3-2-4-15(11-14)21-29-19(20(28)34)17-13-32(9-10-33(17)21)8-6-24(25,26)27/h2-4,11-12,36H,5-10,13H2,1H3,(H2,28,34). The van der Waals surface area contributed by atoms with Crippen LogP contribution in [0.5, 0.6) is 0 Å². The molecule has 1 aromatic carbocycles. The molecule has 2 aliphatic heterocycles. The fraction of sp³-hybridized carbons (Fsp3) is 0.417. The average Bonchev–Trinajstić information content (AvgIpc) is 3.56. The van der Waals surface area contributed by atoms with Crippen molar-refractivity contribution in [1.29, 1.82) is 0 Å². The maximum atomic E-state index is 12.7. The monoisotopic (exact) mass is 518 g/mol. The number of amides is 2. The van der Waals surface area contributed by atoms with Crippen LogP contribution in [0.15, 0.2) is 34.9 Å². The summed E-state index contributed by atoms with van der Waals surface area (Å²) in [5.74, 6) is -0.716. The zero-order valence-electron chi connectivity index (χ0n) is 20.0. The molecule has 1 saturated heterocycles. The molecule has 10 nitrogen and oxygen atoms in total. The molecule has 1 atom stereocenters. The second kappa shape index (κ2) is 8.99. The number of fused-ring (bicyclic) bond motifs is 1. The molecule has 2 aliphatic rings. The highest BCUT2D eigenvalue weighted by Gasteiger charge is 2.48. The summed E-state index contributed by atoms with van der Waals surface area (Å²) in [6.07, 6.45) is -5.03. The summed E-state index contributed by atoms with van der Waals surface area (Å²) < 4.78 is 45.2. The molecular weight excluding hydrogens is 493 g/mol. The van der Waals surface area contributed by atoms with E-state index in [0.717, 1.165) is 0 Å². The van der Waals surface area contributed by atoms with E-state index in [4.69, 9.17) is 10.3 Å². The first kappa shape index (κ1) is 25.0. The van der Waals surface area contributed by atoms with E-state index in [1.807, 2.05) is 0 Å². The Morgan fingerprint density at radius 3 is 2.65 bits per heavy atom. The van der Waals surface area contributed by atoms with Crippen LogP contribution in [0.2, 0.25) is 0 Å². The van der Waals surface area contributed by atoms with Gasteiger partial charge in [-0.3, -0.25) is 14.5 Å². The summed E-state index contributed by atoms with van der Waals surface area (Å²) in [7, 11) is 1.60. The first-order chi connectivity index (χ1) is 17.5. The van der Waals surface area contributed by atoms with E-state index in [9.17, 15) is 27.9 Å². The number of aliphatic hydroxyl groups is 1. The quantitative estimate of drug-likeness (QED) is 0.511. The molecule has 5 rings (SSSR count). The Kier molecular flexibility index (Phi) is 6.07. The van der Waals surface area contributed by atoms with Crippen molar-refractivity contribution in [2.24, 2.45) is 5.73 Å². The fourth-order valence-electron chi connectivity index (χ4n) is 4.82. The predicted octanol–water partition coefficient (Wildman–Crippen LogP) is 2.12. The van der Waals surface area contributed by atoms with Crippen molar-refractivity contribution >= 4 is 11.8 Å². The van der Waals surface area contributed by atoms with Crippen LogP contribution >= 0.6 is 0 Å². The van der Waals surface area contributed by atoms with Crippen LogP contribution in [0.3, 0.4) is 0 Å². The third kappa shape index (κ3) is 4.60. The van der Waals surface area contributed by atoms with E-state index in [1.165, 1.54) is 11.0 Å². The molecule has 0 bridgehead atoms. The lowest BCUT2D eigenvalue weighted by molar-refractivity contribution is -0.144. The van der Waals surface area contributed by atoms with Gasteiger partial charge in [0.25, 0.3) is 11.8 Å². The Hall–Kier alpha value is -3.71. The number of nitrogens with zero attached hydrogens (tertiary/aromatic N) is 5. The minimum absolute atomic E-state index is 0.0203. The highest BCUT2D eigenvalue weighted by Crippen LogP contribution is 2.36. The lowest BCUT2D eigenvalue weighted by Gasteiger charge is -2.29. The summed E-state index contributed by atoms with van der Waals surface area (Å²) in [4.78, 5) is 32.0. The summed E-state index contributed by atoms with van der Waals surface area (Å²) in [5.41, 5.74) is 5.91. The number of aromatic nitrogens is 3. The Bertz CT molecular complexity index is 1370. The van der Waals surface area contributed by atoms with Crippen LogP contribution < -0.4 is 5.73 Å². The first-order valence-corrected chi connectivity index (χ1v) is 11.7. The van der Waals surface area contributed by atoms with Gasteiger partial charge in [0.05, 0.1) is 12.1 Å². The number of hydrogen-bond acceptors (Lipinski definition) is 7. The van der Waals surface area contributed by atoms with Gasteiger partial charge in [-0.15, -0.1) is 0 Å². The van der Waals surface area contributed by atoms with Crippen molar-refractivity contribution in [2.75, 3.05) is 26.7 Å². The van der Waals surface area contributed by atoms with Crippen LogP contribution in [0.25, 0.3) is 22.6 Å². The molecule has 2 aromatic heterocycles. The molecule has 3 N–H and O–H groups in total. The van der Waals surface area contributed by atoms with Gasteiger partial charge in [0.2, 0.25) is 5.60 Å². The van der Waals surface area contributed by atoms with Crippen molar-refractivity contribution in [3.8, 4) is 22.6 Å². The van der Waals surface area contributed by atoms with Gasteiger partial charge in [-0.05, 0) is 6.07 Å². The number of likely N-dealkylation sites (tertiary alicyclic amines) is 1. The van der Waals surface area contributed by atoms with E-state index >= 15 is 0 Å². The number of nitrogens with two attached hydrogens (primary N) is 1. The highest BCUT2D eigenvalue weighted by atomic mass is 19.4. The first-order valence-electron chi connectivity index (χ1n) is 11.7. The van der Waals surface area contributed by atoms with E-state index in [1.54, 1.807) is 40.8 Å². The number of rotatable bonds is 6. The summed E-state index contributed by atoms with van der Waals surface area (Å²) >= 11 is 0. The summed E-state index contributed by atoms with van der Waals surface area (Å²) in [6, 6.07) is 8.59. The van der Waals surface area contributed by atoms with Gasteiger partial charge in [0.1, 0.15) is 11.5 Å². The number of carbonyl (C=O) groups is 2. The number of likely N-dealkylation sites (N-methyl/N-ethyl adjacent to an activating group) is 1. The SMILES string of the molecule is CN1CCC(O)(c2cc(-c3cccc(-c4nc(C(N)=O)c5n4CCN(CCC(F)(F)F)C5)c3)no2)C1=O. The van der Waals surface area contributed by atoms with Crippen LogP contribution in [-0.2, 0) is 23.5 Å². The molecule has 2 amide bonds. The van der Waals surface area contributed by atoms with E-state index in [0.29, 0.717) is 48.0 Å². The number of halogens is 3. The normalized spacial score (nSPS) is 20.5. The lowest BCUT2D eigenvalue weighted by atomic mass is 9.98. The molecule has 1 unspecified atom stereocenters. The smallest absolute Gasteiger partial charge is 0.373 e. The highest BCUT2D eigenvalue weighted by molar-refractivity contribution is 5.93. The van der Waals surface area contributed by atoms with Gasteiger partial charge in [-0.2, -0.15) is 13.2 Å². The molecule has 4 heterocycles. The zero-order chi connectivity index (χ0) is 26.5. The van der Waals surface area contributed by atoms with Gasteiger partial charge in [-0.1, -0.05) is 23.4 Å². The Balaban J connectivity index is 1.45. The largest absolute Gasteiger partial charge is 0.390 e. The molecule has 1 fully saturated rings. The zero-order valence-corrected chi connectivity index (χ0v) is 20.0. The Morgan fingerprint density at radius 1 is 1.22 bits per heavy atom. The molecule has 0 saturated carbocycles. The van der Waals surface area contributed by atoms with Crippen LogP contribution in [0.1, 0.15) is 34.8 Å². The summed E-state index contributed by atoms with van der Waals surface area (Å²) in [5, 5.41) is 14.9. The van der Waals surface area contributed by atoms with Crippen molar-refractivity contribution in [3.63, 3.8) is 0 Å². The molecule has 0 aliphatic carbocycles. The van der Waals surface area contributed by atoms with E-state index in [-0.39, 0.29) is 31.0 Å². The number of imidazole rings is 1. The predicted molar refractivity (Wildman–Crippen MR) is 124 cm³/mol. The third-order valence-electron chi connectivity index (χ3n) is 6.87. The molecule has 3 aromatic rings. The maximum Gasteiger partial charge on any atom is 0.390 e. The van der Waals surface area contributed by atoms with Gasteiger partial charge in [0, 0.05) is 63.4 Å². The second-order valence-electron chi connectivity index (χ2n) is 9.38. The number of carbonyl (C=O) groups excluding carboxylic acids is 2. The van der Waals surface area contributed by atoms with Crippen molar-refractivity contribution in [3.05, 3.63) is 47.5 Å². The lowest BCUT2D eigenvalue weighted by Crippen LogP contribution is -2.36. The molecular formula is C24H25F3N6O4. The molecule has 0 radical (unpaired) electrons. The second-order valence-corrected chi connectivity index (χ2v) is 9.38. The average molecular weight is 518 g/mol. The third-order valence-corrected chi connectivity index (χ3v) is 6.87. The van der Waals surface area contributed by atoms with Gasteiger partial charge in [-0.25, -0.2) is 4.98 Å². The van der Waals surface area contributed by atoms with Gasteiger partial charge >= 0.3 is 6.18 Å². The van der Waals surface area contributed by atoms with Crippen LogP contribution in [0.4, 0.5) is 13.2 Å². The van der Waals surface area contributed by atoms with Crippen LogP contribution in [-0.4, -0.2) is 74.3 Å². The minimum Gasteiger partial charge on any atom is -0.373 e. The molecule has 13 heteroatoms. The van der Waals surface area contributed by atoms with Gasteiger partial charge in [0.15, 0.2) is 11.5 Å². The molecule has 196 valence electrons. The Morgan fingerprint density at radius 2 is 1.97 bits per heavy atom. The summed E-state index contributed by atoms with van der Waals surface area (Å²) in [6.45, 7) is 1.02. The van der Waals surface area contributed by atoms with E-state index in [2.05, 4.69) is 10.1 Å². The van der Waals surface area contributed by atoms with E-state index < -0.39 is 30.0 Å². The van der Waals surface area contributed by atoms with Crippen molar-refractivity contribution in [2.45, 2.75) is 37.7 Å². The van der Waals surface area contributed by atoms with Crippen molar-refractivity contribution in [1.82, 2.24) is 24.5 Å². The number of hydrogen-bond donors (Lipinski definition) is 2. The number of alkyl halides is 3. The van der Waals surface area contributed by atoms with Crippen molar-refractivity contribution < 1.29 is 32.4 Å². The topological polar surface area (TPSA) is 131 Å².